The number of fused-ring (bicyclic) bond motifs is 2. The van der Waals surface area contributed by atoms with Crippen LogP contribution in [0, 0.1) is 0 Å². The summed E-state index contributed by atoms with van der Waals surface area (Å²) in [5.74, 6) is 0. The van der Waals surface area contributed by atoms with Gasteiger partial charge in [0.05, 0.1) is 11.2 Å². The SMILES string of the molecule is C=C/C(=C\C(=C/C)c1ccc2[nH]nc(-c3cc4c(-c5cccnc5)ccnc4[nH]3)c2c1)N(C)C. The summed E-state index contributed by atoms with van der Waals surface area (Å²) in [5.41, 5.74) is 9.00. The second-order valence-electron chi connectivity index (χ2n) is 8.29. The summed E-state index contributed by atoms with van der Waals surface area (Å²) in [7, 11) is 4.03. The number of pyridine rings is 2. The third-order valence-corrected chi connectivity index (χ3v) is 6.00. The lowest BCUT2D eigenvalue weighted by molar-refractivity contribution is 0.530. The number of benzene rings is 1. The predicted octanol–water partition coefficient (Wildman–Crippen LogP) is 6.20. The zero-order chi connectivity index (χ0) is 23.7. The predicted molar refractivity (Wildman–Crippen MR) is 140 cm³/mol. The van der Waals surface area contributed by atoms with E-state index in [1.807, 2.05) is 51.6 Å². The normalized spacial score (nSPS) is 12.4. The van der Waals surface area contributed by atoms with E-state index in [9.17, 15) is 0 Å². The quantitative estimate of drug-likeness (QED) is 0.304. The van der Waals surface area contributed by atoms with Crippen LogP contribution in [-0.4, -0.2) is 44.1 Å². The van der Waals surface area contributed by atoms with Crippen molar-refractivity contribution in [2.75, 3.05) is 14.1 Å². The summed E-state index contributed by atoms with van der Waals surface area (Å²) in [4.78, 5) is 14.3. The van der Waals surface area contributed by atoms with E-state index in [0.29, 0.717) is 0 Å². The molecule has 0 radical (unpaired) electrons. The molecule has 168 valence electrons. The van der Waals surface area contributed by atoms with Crippen molar-refractivity contribution in [1.29, 1.82) is 0 Å². The number of allylic oxidation sites excluding steroid dienone is 4. The Balaban J connectivity index is 1.62. The molecule has 5 aromatic rings. The Morgan fingerprint density at radius 1 is 1.06 bits per heavy atom. The summed E-state index contributed by atoms with van der Waals surface area (Å²) >= 11 is 0. The molecule has 0 aliphatic carbocycles. The monoisotopic (exact) mass is 446 g/mol. The van der Waals surface area contributed by atoms with Gasteiger partial charge in [-0.25, -0.2) is 4.98 Å². The number of hydrogen-bond acceptors (Lipinski definition) is 4. The third kappa shape index (κ3) is 3.79. The largest absolute Gasteiger partial charge is 0.378 e. The number of aromatic amines is 2. The van der Waals surface area contributed by atoms with E-state index < -0.39 is 0 Å². The average molecular weight is 447 g/mol. The molecule has 4 heterocycles. The fraction of sp³-hybridized carbons (Fsp3) is 0.107. The van der Waals surface area contributed by atoms with E-state index >= 15 is 0 Å². The highest BCUT2D eigenvalue weighted by Gasteiger charge is 2.15. The van der Waals surface area contributed by atoms with Gasteiger partial charge in [0, 0.05) is 54.7 Å². The molecule has 0 unspecified atom stereocenters. The van der Waals surface area contributed by atoms with Crippen molar-refractivity contribution >= 4 is 27.5 Å². The fourth-order valence-corrected chi connectivity index (χ4v) is 4.19. The van der Waals surface area contributed by atoms with Crippen LogP contribution in [0.4, 0.5) is 0 Å². The molecule has 0 bridgehead atoms. The number of hydrogen-bond donors (Lipinski definition) is 2. The molecule has 34 heavy (non-hydrogen) atoms. The van der Waals surface area contributed by atoms with Crippen LogP contribution in [0.5, 0.6) is 0 Å². The van der Waals surface area contributed by atoms with Gasteiger partial charge in [-0.3, -0.25) is 10.1 Å². The molecule has 0 aliphatic rings. The molecule has 6 heteroatoms. The highest BCUT2D eigenvalue weighted by molar-refractivity contribution is 6.00. The minimum atomic E-state index is 0.822. The molecule has 0 saturated carbocycles. The van der Waals surface area contributed by atoms with Crippen LogP contribution in [0.3, 0.4) is 0 Å². The molecule has 0 atom stereocenters. The first-order valence-electron chi connectivity index (χ1n) is 11.1. The molecule has 4 aromatic heterocycles. The van der Waals surface area contributed by atoms with Gasteiger partial charge in [-0.1, -0.05) is 24.8 Å². The van der Waals surface area contributed by atoms with E-state index in [2.05, 4.69) is 79.1 Å². The van der Waals surface area contributed by atoms with Crippen molar-refractivity contribution in [2.45, 2.75) is 6.92 Å². The van der Waals surface area contributed by atoms with Crippen LogP contribution in [-0.2, 0) is 0 Å². The molecule has 0 fully saturated rings. The van der Waals surface area contributed by atoms with Crippen LogP contribution in [0.2, 0.25) is 0 Å². The summed E-state index contributed by atoms with van der Waals surface area (Å²) < 4.78 is 0. The van der Waals surface area contributed by atoms with Gasteiger partial charge < -0.3 is 9.88 Å². The lowest BCUT2D eigenvalue weighted by atomic mass is 10.0. The maximum absolute atomic E-state index is 4.64. The second-order valence-corrected chi connectivity index (χ2v) is 8.29. The van der Waals surface area contributed by atoms with Crippen molar-refractivity contribution in [1.82, 2.24) is 30.0 Å². The first kappa shape index (κ1) is 21.4. The summed E-state index contributed by atoms with van der Waals surface area (Å²) in [6.07, 6.45) is 11.6. The van der Waals surface area contributed by atoms with Gasteiger partial charge in [-0.2, -0.15) is 5.10 Å². The van der Waals surface area contributed by atoms with Gasteiger partial charge in [-0.15, -0.1) is 0 Å². The van der Waals surface area contributed by atoms with E-state index in [1.165, 1.54) is 0 Å². The molecule has 0 amide bonds. The Morgan fingerprint density at radius 3 is 2.68 bits per heavy atom. The molecule has 2 N–H and O–H groups in total. The van der Waals surface area contributed by atoms with E-state index in [-0.39, 0.29) is 0 Å². The molecule has 0 spiro atoms. The van der Waals surface area contributed by atoms with Crippen LogP contribution >= 0.6 is 0 Å². The van der Waals surface area contributed by atoms with E-state index in [0.717, 1.165) is 61.3 Å². The van der Waals surface area contributed by atoms with E-state index in [4.69, 9.17) is 0 Å². The Bertz CT molecular complexity index is 1550. The summed E-state index contributed by atoms with van der Waals surface area (Å²) in [6.45, 7) is 5.99. The van der Waals surface area contributed by atoms with Gasteiger partial charge >= 0.3 is 0 Å². The molecule has 5 rings (SSSR count). The molecule has 0 aliphatic heterocycles. The van der Waals surface area contributed by atoms with Crippen molar-refractivity contribution in [3.05, 3.63) is 97.1 Å². The Morgan fingerprint density at radius 2 is 1.94 bits per heavy atom. The number of rotatable bonds is 6. The lowest BCUT2D eigenvalue weighted by Gasteiger charge is -2.14. The minimum Gasteiger partial charge on any atom is -0.378 e. The van der Waals surface area contributed by atoms with Gasteiger partial charge in [-0.05, 0) is 66.1 Å². The van der Waals surface area contributed by atoms with Crippen molar-refractivity contribution in [3.8, 4) is 22.5 Å². The summed E-state index contributed by atoms with van der Waals surface area (Å²) in [5, 5.41) is 9.90. The third-order valence-electron chi connectivity index (χ3n) is 6.00. The van der Waals surface area contributed by atoms with Gasteiger partial charge in [0.1, 0.15) is 11.3 Å². The maximum Gasteiger partial charge on any atom is 0.138 e. The zero-order valence-electron chi connectivity index (χ0n) is 19.5. The number of H-pyrrole nitrogens is 2. The number of nitrogens with one attached hydrogen (secondary N) is 2. The molecule has 1 aromatic carbocycles. The highest BCUT2D eigenvalue weighted by Crippen LogP contribution is 2.34. The smallest absolute Gasteiger partial charge is 0.138 e. The number of likely N-dealkylation sites (N-methyl/N-ethyl adjacent to an activating group) is 1. The van der Waals surface area contributed by atoms with Crippen molar-refractivity contribution in [3.63, 3.8) is 0 Å². The first-order valence-corrected chi connectivity index (χ1v) is 11.1. The minimum absolute atomic E-state index is 0.822. The Hall–Kier alpha value is -4.45. The standard InChI is InChI=1S/C28H26N6/c1-5-18(14-21(6-2)34(3)4)19-9-10-25-24(15-19)27(33-32-25)26-16-23-22(11-13-30-28(23)31-26)20-8-7-12-29-17-20/h5-17H,2H2,1,3-4H3,(H,30,31)(H,32,33)/b18-5+,21-14+. The molecule has 6 nitrogen and oxygen atoms in total. The molecular weight excluding hydrogens is 420 g/mol. The number of aromatic nitrogens is 5. The first-order chi connectivity index (χ1) is 16.6. The fourth-order valence-electron chi connectivity index (χ4n) is 4.19. The van der Waals surface area contributed by atoms with Gasteiger partial charge in [0.25, 0.3) is 0 Å². The average Bonchev–Trinajstić information content (AvgIpc) is 3.48. The topological polar surface area (TPSA) is 73.5 Å². The second kappa shape index (κ2) is 8.83. The summed E-state index contributed by atoms with van der Waals surface area (Å²) in [6, 6.07) is 14.5. The molecule has 0 saturated heterocycles. The van der Waals surface area contributed by atoms with Crippen LogP contribution in [0.25, 0.3) is 50.0 Å². The zero-order valence-corrected chi connectivity index (χ0v) is 19.5. The van der Waals surface area contributed by atoms with Crippen LogP contribution in [0.1, 0.15) is 12.5 Å². The maximum atomic E-state index is 4.64. The van der Waals surface area contributed by atoms with Crippen LogP contribution in [0.15, 0.2) is 91.6 Å². The van der Waals surface area contributed by atoms with Crippen molar-refractivity contribution < 1.29 is 0 Å². The Kier molecular flexibility index (Phi) is 5.55. The highest BCUT2D eigenvalue weighted by atomic mass is 15.1. The van der Waals surface area contributed by atoms with Gasteiger partial charge in [0.2, 0.25) is 0 Å². The number of nitrogens with zero attached hydrogens (tertiary/aromatic N) is 4. The molecular formula is C28H26N6. The Labute approximate surface area is 198 Å². The van der Waals surface area contributed by atoms with E-state index in [1.54, 1.807) is 6.20 Å². The van der Waals surface area contributed by atoms with Crippen LogP contribution < -0.4 is 0 Å². The van der Waals surface area contributed by atoms with Crippen molar-refractivity contribution in [2.24, 2.45) is 0 Å². The van der Waals surface area contributed by atoms with Gasteiger partial charge in [0.15, 0.2) is 0 Å². The lowest BCUT2D eigenvalue weighted by Crippen LogP contribution is -2.09.